The number of aromatic nitrogens is 2. The van der Waals surface area contributed by atoms with E-state index in [9.17, 15) is 8.78 Å². The van der Waals surface area contributed by atoms with E-state index in [0.29, 0.717) is 17.4 Å². The van der Waals surface area contributed by atoms with Gasteiger partial charge in [-0.05, 0) is 20.0 Å². The number of nitrogens with zero attached hydrogens (tertiary/aromatic N) is 4. The number of hydrogen-bond acceptors (Lipinski definition) is 4. The monoisotopic (exact) mass is 326 g/mol. The van der Waals surface area contributed by atoms with Gasteiger partial charge >= 0.3 is 0 Å². The lowest BCUT2D eigenvalue weighted by Crippen LogP contribution is -2.34. The van der Waals surface area contributed by atoms with E-state index in [1.54, 1.807) is 0 Å². The molecule has 1 saturated heterocycles. The van der Waals surface area contributed by atoms with Gasteiger partial charge in [-0.25, -0.2) is 18.7 Å². The molecule has 1 atom stereocenters. The highest BCUT2D eigenvalue weighted by atomic mass is 35.5. The molecular formula is C15H17ClF2N4. The van der Waals surface area contributed by atoms with E-state index in [2.05, 4.69) is 28.8 Å². The normalized spacial score (nSPS) is 18.6. The zero-order valence-corrected chi connectivity index (χ0v) is 13.2. The van der Waals surface area contributed by atoms with Gasteiger partial charge in [0.2, 0.25) is 0 Å². The number of rotatable bonds is 3. The van der Waals surface area contributed by atoms with E-state index in [1.165, 1.54) is 0 Å². The molecule has 0 bridgehead atoms. The minimum Gasteiger partial charge on any atom is -0.352 e. The van der Waals surface area contributed by atoms with Crippen molar-refractivity contribution in [3.8, 4) is 0 Å². The van der Waals surface area contributed by atoms with Crippen LogP contribution in [0.5, 0.6) is 0 Å². The molecule has 0 spiro atoms. The molecule has 1 unspecified atom stereocenters. The fourth-order valence-electron chi connectivity index (χ4n) is 2.77. The first kappa shape index (κ1) is 15.4. The summed E-state index contributed by atoms with van der Waals surface area (Å²) in [5.74, 6) is -1.34. The van der Waals surface area contributed by atoms with Gasteiger partial charge in [-0.15, -0.1) is 0 Å². The van der Waals surface area contributed by atoms with E-state index in [4.69, 9.17) is 11.6 Å². The van der Waals surface area contributed by atoms with Gasteiger partial charge in [0.05, 0.1) is 11.0 Å². The topological polar surface area (TPSA) is 32.3 Å². The molecule has 0 aliphatic carbocycles. The van der Waals surface area contributed by atoms with Crippen LogP contribution < -0.4 is 4.90 Å². The first-order valence-corrected chi connectivity index (χ1v) is 7.65. The molecule has 1 aliphatic rings. The number of likely N-dealkylation sites (N-methyl/N-ethyl adjacent to an activating group) is 1. The number of anilines is 1. The predicted octanol–water partition coefficient (Wildman–Crippen LogP) is 3.09. The van der Waals surface area contributed by atoms with Crippen LogP contribution in [0.15, 0.2) is 12.1 Å². The van der Waals surface area contributed by atoms with E-state index >= 15 is 0 Å². The summed E-state index contributed by atoms with van der Waals surface area (Å²) in [6.45, 7) is 4.70. The summed E-state index contributed by atoms with van der Waals surface area (Å²) in [5, 5.41) is 0.221. The molecule has 1 fully saturated rings. The fraction of sp³-hybridized carbons (Fsp3) is 0.467. The molecule has 0 radical (unpaired) electrons. The quantitative estimate of drug-likeness (QED) is 0.867. The smallest absolute Gasteiger partial charge is 0.172 e. The number of halogens is 3. The van der Waals surface area contributed by atoms with Gasteiger partial charge in [0.25, 0.3) is 0 Å². The van der Waals surface area contributed by atoms with Crippen molar-refractivity contribution in [1.29, 1.82) is 0 Å². The average Bonchev–Trinajstić information content (AvgIpc) is 2.97. The second-order valence-corrected chi connectivity index (χ2v) is 5.91. The maximum atomic E-state index is 13.4. The summed E-state index contributed by atoms with van der Waals surface area (Å²) in [6.07, 6.45) is 1.01. The van der Waals surface area contributed by atoms with Crippen LogP contribution in [-0.4, -0.2) is 47.6 Å². The van der Waals surface area contributed by atoms with Crippen LogP contribution in [0.25, 0.3) is 11.0 Å². The van der Waals surface area contributed by atoms with E-state index in [0.717, 1.165) is 38.2 Å². The van der Waals surface area contributed by atoms with Crippen LogP contribution in [0.3, 0.4) is 0 Å². The summed E-state index contributed by atoms with van der Waals surface area (Å²) in [5.41, 5.74) is 0.569. The summed E-state index contributed by atoms with van der Waals surface area (Å²) < 4.78 is 26.6. The van der Waals surface area contributed by atoms with Gasteiger partial charge in [0, 0.05) is 31.3 Å². The minimum absolute atomic E-state index is 0.221. The largest absolute Gasteiger partial charge is 0.352 e. The molecule has 1 aromatic heterocycles. The van der Waals surface area contributed by atoms with Gasteiger partial charge in [-0.3, -0.25) is 0 Å². The lowest BCUT2D eigenvalue weighted by Gasteiger charge is -2.23. The van der Waals surface area contributed by atoms with Crippen molar-refractivity contribution >= 4 is 28.5 Å². The van der Waals surface area contributed by atoms with Crippen LogP contribution in [0, 0.1) is 11.6 Å². The van der Waals surface area contributed by atoms with Crippen molar-refractivity contribution in [1.82, 2.24) is 14.9 Å². The minimum atomic E-state index is -0.948. The Morgan fingerprint density at radius 1 is 1.27 bits per heavy atom. The third kappa shape index (κ3) is 2.73. The van der Waals surface area contributed by atoms with E-state index in [1.807, 2.05) is 4.90 Å². The lowest BCUT2D eigenvalue weighted by atomic mass is 10.2. The summed E-state index contributed by atoms with van der Waals surface area (Å²) >= 11 is 6.19. The summed E-state index contributed by atoms with van der Waals surface area (Å²) in [4.78, 5) is 12.9. The maximum Gasteiger partial charge on any atom is 0.172 e. The first-order valence-electron chi connectivity index (χ1n) is 7.27. The molecule has 3 rings (SSSR count). The highest BCUT2D eigenvalue weighted by Crippen LogP contribution is 2.29. The molecule has 1 aromatic carbocycles. The molecule has 0 amide bonds. The number of fused-ring (bicyclic) bond motifs is 1. The van der Waals surface area contributed by atoms with Crippen LogP contribution in [0.1, 0.15) is 13.3 Å². The number of benzene rings is 1. The molecule has 118 valence electrons. The predicted molar refractivity (Wildman–Crippen MR) is 83.4 cm³/mol. The lowest BCUT2D eigenvalue weighted by molar-refractivity contribution is 0.272. The molecule has 0 saturated carbocycles. The molecule has 2 heterocycles. The van der Waals surface area contributed by atoms with Crippen molar-refractivity contribution in [2.75, 3.05) is 31.6 Å². The van der Waals surface area contributed by atoms with Crippen LogP contribution in [0.2, 0.25) is 5.15 Å². The van der Waals surface area contributed by atoms with Gasteiger partial charge in [0.1, 0.15) is 0 Å². The Kier molecular flexibility index (Phi) is 4.14. The van der Waals surface area contributed by atoms with Crippen molar-refractivity contribution in [2.45, 2.75) is 19.4 Å². The third-order valence-corrected chi connectivity index (χ3v) is 4.49. The Labute approximate surface area is 132 Å². The molecular weight excluding hydrogens is 310 g/mol. The second-order valence-electron chi connectivity index (χ2n) is 5.55. The second kappa shape index (κ2) is 5.93. The molecule has 1 aliphatic heterocycles. The van der Waals surface area contributed by atoms with Crippen LogP contribution >= 0.6 is 11.6 Å². The Morgan fingerprint density at radius 3 is 2.55 bits per heavy atom. The van der Waals surface area contributed by atoms with Crippen molar-refractivity contribution in [3.05, 3.63) is 28.9 Å². The van der Waals surface area contributed by atoms with Crippen LogP contribution in [0.4, 0.5) is 14.6 Å². The summed E-state index contributed by atoms with van der Waals surface area (Å²) in [6, 6.07) is 2.51. The zero-order chi connectivity index (χ0) is 15.9. The van der Waals surface area contributed by atoms with Crippen molar-refractivity contribution in [3.63, 3.8) is 0 Å². The van der Waals surface area contributed by atoms with Gasteiger partial charge < -0.3 is 9.80 Å². The first-order chi connectivity index (χ1) is 10.5. The zero-order valence-electron chi connectivity index (χ0n) is 12.5. The molecule has 4 nitrogen and oxygen atoms in total. The Hall–Kier alpha value is -1.53. The average molecular weight is 327 g/mol. The third-order valence-electron chi connectivity index (χ3n) is 4.23. The molecule has 0 N–H and O–H groups in total. The summed E-state index contributed by atoms with van der Waals surface area (Å²) in [7, 11) is 2.08. The van der Waals surface area contributed by atoms with Crippen LogP contribution in [-0.2, 0) is 0 Å². The Morgan fingerprint density at radius 2 is 1.91 bits per heavy atom. The molecule has 2 aromatic rings. The molecule has 7 heteroatoms. The Balaban J connectivity index is 1.94. The number of hydrogen-bond donors (Lipinski definition) is 0. The van der Waals surface area contributed by atoms with Crippen molar-refractivity contribution in [2.24, 2.45) is 0 Å². The van der Waals surface area contributed by atoms with Gasteiger partial charge in [-0.1, -0.05) is 18.5 Å². The van der Waals surface area contributed by atoms with E-state index in [-0.39, 0.29) is 10.7 Å². The maximum absolute atomic E-state index is 13.4. The SMILES string of the molecule is CCN(C)C1CCN(c2nc3cc(F)c(F)cc3nc2Cl)C1. The van der Waals surface area contributed by atoms with Gasteiger partial charge in [0.15, 0.2) is 22.6 Å². The van der Waals surface area contributed by atoms with Gasteiger partial charge in [-0.2, -0.15) is 0 Å². The van der Waals surface area contributed by atoms with E-state index < -0.39 is 11.6 Å². The molecule has 22 heavy (non-hydrogen) atoms. The Bertz CT molecular complexity index is 709. The fourth-order valence-corrected chi connectivity index (χ4v) is 3.03. The highest BCUT2D eigenvalue weighted by Gasteiger charge is 2.28. The highest BCUT2D eigenvalue weighted by molar-refractivity contribution is 6.32. The standard InChI is InChI=1S/C15H17ClF2N4/c1-3-21(2)9-4-5-22(8-9)15-14(16)19-12-6-10(17)11(18)7-13(12)20-15/h6-7,9H,3-5,8H2,1-2H3. The van der Waals surface area contributed by atoms with Crippen molar-refractivity contribution < 1.29 is 8.78 Å².